The summed E-state index contributed by atoms with van der Waals surface area (Å²) in [5, 5.41) is 8.14. The van der Waals surface area contributed by atoms with Crippen molar-refractivity contribution in [2.24, 2.45) is 0 Å². The average Bonchev–Trinajstić information content (AvgIpc) is 1.66. The first-order valence-electron chi connectivity index (χ1n) is 2.99. The van der Waals surface area contributed by atoms with Crippen LogP contribution >= 0.6 is 0 Å². The maximum Gasteiger partial charge on any atom is 0.303 e. The summed E-state index contributed by atoms with van der Waals surface area (Å²) in [4.78, 5) is 9.87. The fraction of sp³-hybridized carbons (Fsp3) is 0.833. The molecular weight excluding hydrogens is 311 g/mol. The van der Waals surface area contributed by atoms with Crippen LogP contribution < -0.4 is 0 Å². The topological polar surface area (TPSA) is 37.3 Å². The van der Waals surface area contributed by atoms with Crippen molar-refractivity contribution in [3.05, 3.63) is 0 Å². The zero-order chi connectivity index (χ0) is 6.41. The van der Waals surface area contributed by atoms with E-state index in [2.05, 4.69) is 6.92 Å². The van der Waals surface area contributed by atoms with E-state index in [4.69, 9.17) is 5.11 Å². The Morgan fingerprint density at radius 1 is 1.44 bits per heavy atom. The van der Waals surface area contributed by atoms with Gasteiger partial charge in [0, 0.05) is 33.7 Å². The molecule has 0 unspecified atom stereocenters. The molecule has 4 radical (unpaired) electrons. The molecule has 0 aromatic carbocycles. The van der Waals surface area contributed by atoms with Gasteiger partial charge in [0.15, 0.2) is 0 Å². The van der Waals surface area contributed by atoms with E-state index >= 15 is 0 Å². The zero-order valence-electron chi connectivity index (χ0n) is 5.68. The maximum absolute atomic E-state index is 9.87. The normalized spacial score (nSPS) is 8.11. The number of hydrogen-bond donors (Lipinski definition) is 1. The molecular formula is C6H12O2Pb. The summed E-state index contributed by atoms with van der Waals surface area (Å²) in [5.74, 6) is -0.682. The molecule has 0 rings (SSSR count). The van der Waals surface area contributed by atoms with E-state index in [0.717, 1.165) is 19.3 Å². The van der Waals surface area contributed by atoms with E-state index in [0.29, 0.717) is 6.42 Å². The SMILES string of the molecule is CCCCCC(=O)O.[Pb]. The van der Waals surface area contributed by atoms with Crippen LogP contribution in [0.4, 0.5) is 0 Å². The third kappa shape index (κ3) is 11.8. The average molecular weight is 323 g/mol. The molecule has 0 heterocycles. The second-order valence-corrected chi connectivity index (χ2v) is 1.85. The van der Waals surface area contributed by atoms with Gasteiger partial charge in [0.2, 0.25) is 0 Å². The molecule has 0 fully saturated rings. The Kier molecular flexibility index (Phi) is 11.3. The first kappa shape index (κ1) is 12.1. The van der Waals surface area contributed by atoms with Gasteiger partial charge in [-0.15, -0.1) is 0 Å². The number of unbranched alkanes of at least 4 members (excludes halogenated alkanes) is 2. The Balaban J connectivity index is 0. The van der Waals surface area contributed by atoms with E-state index in [-0.39, 0.29) is 27.3 Å². The third-order valence-corrected chi connectivity index (χ3v) is 0.994. The van der Waals surface area contributed by atoms with Crippen molar-refractivity contribution in [1.82, 2.24) is 0 Å². The van der Waals surface area contributed by atoms with Gasteiger partial charge in [0.1, 0.15) is 0 Å². The largest absolute Gasteiger partial charge is 0.481 e. The molecule has 0 spiro atoms. The molecule has 52 valence electrons. The van der Waals surface area contributed by atoms with Crippen LogP contribution in [0.1, 0.15) is 32.6 Å². The number of rotatable bonds is 4. The predicted molar refractivity (Wildman–Crippen MR) is 37.5 cm³/mol. The van der Waals surface area contributed by atoms with Crippen LogP contribution in [-0.4, -0.2) is 38.4 Å². The van der Waals surface area contributed by atoms with Crippen LogP contribution in [0.3, 0.4) is 0 Å². The van der Waals surface area contributed by atoms with Crippen LogP contribution in [0.5, 0.6) is 0 Å². The number of carboxylic acid groups (broad SMARTS) is 1. The molecule has 0 aromatic rings. The Labute approximate surface area is 75.8 Å². The van der Waals surface area contributed by atoms with Crippen LogP contribution in [-0.2, 0) is 4.79 Å². The molecule has 0 atom stereocenters. The summed E-state index contributed by atoms with van der Waals surface area (Å²) in [5.41, 5.74) is 0. The Morgan fingerprint density at radius 3 is 2.33 bits per heavy atom. The molecule has 0 saturated carbocycles. The summed E-state index contributed by atoms with van der Waals surface area (Å²) in [6.45, 7) is 2.06. The minimum absolute atomic E-state index is 0. The van der Waals surface area contributed by atoms with Gasteiger partial charge in [-0.3, -0.25) is 4.79 Å². The van der Waals surface area contributed by atoms with Gasteiger partial charge in [0.05, 0.1) is 0 Å². The maximum atomic E-state index is 9.87. The van der Waals surface area contributed by atoms with Crippen molar-refractivity contribution >= 4 is 33.3 Å². The van der Waals surface area contributed by atoms with E-state index < -0.39 is 5.97 Å². The molecule has 0 aliphatic carbocycles. The summed E-state index contributed by atoms with van der Waals surface area (Å²) in [7, 11) is 0. The van der Waals surface area contributed by atoms with Gasteiger partial charge >= 0.3 is 5.97 Å². The fourth-order valence-corrected chi connectivity index (χ4v) is 0.526. The molecule has 9 heavy (non-hydrogen) atoms. The molecule has 0 amide bonds. The number of carbonyl (C=O) groups is 1. The predicted octanol–water partition coefficient (Wildman–Crippen LogP) is 1.27. The molecule has 0 saturated heterocycles. The van der Waals surface area contributed by atoms with Crippen molar-refractivity contribution in [3.63, 3.8) is 0 Å². The molecule has 0 bridgehead atoms. The van der Waals surface area contributed by atoms with Crippen LogP contribution in [0.25, 0.3) is 0 Å². The fourth-order valence-electron chi connectivity index (χ4n) is 0.526. The quantitative estimate of drug-likeness (QED) is 0.625. The first-order chi connectivity index (χ1) is 3.77. The van der Waals surface area contributed by atoms with Crippen molar-refractivity contribution in [1.29, 1.82) is 0 Å². The first-order valence-corrected chi connectivity index (χ1v) is 2.99. The van der Waals surface area contributed by atoms with Crippen LogP contribution in [0, 0.1) is 0 Å². The van der Waals surface area contributed by atoms with Crippen molar-refractivity contribution in [3.8, 4) is 0 Å². The number of hydrogen-bond acceptors (Lipinski definition) is 1. The Hall–Kier alpha value is 0.392. The Morgan fingerprint density at radius 2 is 2.00 bits per heavy atom. The van der Waals surface area contributed by atoms with Crippen LogP contribution in [0.2, 0.25) is 0 Å². The second-order valence-electron chi connectivity index (χ2n) is 1.85. The van der Waals surface area contributed by atoms with Gasteiger partial charge in [-0.1, -0.05) is 19.8 Å². The molecule has 3 heteroatoms. The van der Waals surface area contributed by atoms with Gasteiger partial charge in [-0.25, -0.2) is 0 Å². The van der Waals surface area contributed by atoms with Gasteiger partial charge < -0.3 is 5.11 Å². The van der Waals surface area contributed by atoms with Crippen molar-refractivity contribution < 1.29 is 9.90 Å². The van der Waals surface area contributed by atoms with Gasteiger partial charge in [-0.2, -0.15) is 0 Å². The molecule has 0 aromatic heterocycles. The minimum Gasteiger partial charge on any atom is -0.481 e. The number of carboxylic acids is 1. The summed E-state index contributed by atoms with van der Waals surface area (Å²) < 4.78 is 0. The molecule has 0 aliphatic rings. The van der Waals surface area contributed by atoms with Crippen LogP contribution in [0.15, 0.2) is 0 Å². The van der Waals surface area contributed by atoms with E-state index in [1.165, 1.54) is 0 Å². The second kappa shape index (κ2) is 8.39. The van der Waals surface area contributed by atoms with Crippen molar-refractivity contribution in [2.75, 3.05) is 0 Å². The standard InChI is InChI=1S/C6H12O2.Pb/c1-2-3-4-5-6(7)8;/h2-5H2,1H3,(H,7,8);. The minimum atomic E-state index is -0.682. The molecule has 1 N–H and O–H groups in total. The van der Waals surface area contributed by atoms with E-state index in [9.17, 15) is 4.79 Å². The van der Waals surface area contributed by atoms with Gasteiger partial charge in [0.25, 0.3) is 0 Å². The monoisotopic (exact) mass is 324 g/mol. The molecule has 0 aliphatic heterocycles. The van der Waals surface area contributed by atoms with Gasteiger partial charge in [-0.05, 0) is 6.42 Å². The smallest absolute Gasteiger partial charge is 0.303 e. The number of aliphatic carboxylic acids is 1. The summed E-state index contributed by atoms with van der Waals surface area (Å²) in [6.07, 6.45) is 3.28. The Bertz CT molecular complexity index is 73.5. The third-order valence-electron chi connectivity index (χ3n) is 0.994. The summed E-state index contributed by atoms with van der Waals surface area (Å²) >= 11 is 0. The zero-order valence-corrected chi connectivity index (χ0v) is 9.57. The van der Waals surface area contributed by atoms with E-state index in [1.54, 1.807) is 0 Å². The van der Waals surface area contributed by atoms with E-state index in [1.807, 2.05) is 0 Å². The van der Waals surface area contributed by atoms with Crippen molar-refractivity contribution in [2.45, 2.75) is 32.6 Å². The summed E-state index contributed by atoms with van der Waals surface area (Å²) in [6, 6.07) is 0. The molecule has 2 nitrogen and oxygen atoms in total.